The summed E-state index contributed by atoms with van der Waals surface area (Å²) < 4.78 is 40.7. The van der Waals surface area contributed by atoms with E-state index >= 15 is 0 Å². The van der Waals surface area contributed by atoms with Crippen LogP contribution in [0, 0.1) is 6.92 Å². The summed E-state index contributed by atoms with van der Waals surface area (Å²) in [4.78, 5) is 15.4. The molecule has 0 radical (unpaired) electrons. The number of carboxylic acids is 1. The summed E-state index contributed by atoms with van der Waals surface area (Å²) in [5.74, 6) is -0.999. The summed E-state index contributed by atoms with van der Waals surface area (Å²) in [5, 5.41) is 9.74. The van der Waals surface area contributed by atoms with E-state index in [2.05, 4.69) is 15.8 Å². The van der Waals surface area contributed by atoms with E-state index in [4.69, 9.17) is 14.6 Å². The third-order valence-corrected chi connectivity index (χ3v) is 7.56. The highest BCUT2D eigenvalue weighted by Crippen LogP contribution is 2.37. The Hall–Kier alpha value is -3.89. The highest BCUT2D eigenvalue weighted by Gasteiger charge is 2.24. The molecule has 0 bridgehead atoms. The van der Waals surface area contributed by atoms with Gasteiger partial charge in [0.2, 0.25) is 0 Å². The number of sulfonamides is 1. The molecule has 1 heterocycles. The number of hydrogen-bond acceptors (Lipinski definition) is 7. The third-order valence-electron chi connectivity index (χ3n) is 5.10. The van der Waals surface area contributed by atoms with Crippen LogP contribution in [0.15, 0.2) is 65.6 Å². The minimum atomic E-state index is -4.10. The molecule has 0 fully saturated rings. The average Bonchev–Trinajstić information content (AvgIpc) is 3.25. The first-order valence-corrected chi connectivity index (χ1v) is 12.7. The third kappa shape index (κ3) is 5.28. The number of carbonyl (C=O) groups is 1. The molecular formula is C25H22N2O6S2. The molecule has 2 N–H and O–H groups in total. The molecule has 1 aromatic heterocycles. The van der Waals surface area contributed by atoms with Crippen molar-refractivity contribution in [1.29, 1.82) is 0 Å². The van der Waals surface area contributed by atoms with Crippen LogP contribution in [0.4, 0.5) is 5.69 Å². The smallest absolute Gasteiger partial charge is 0.328 e. The number of fused-ring (bicyclic) bond motifs is 1. The van der Waals surface area contributed by atoms with Crippen molar-refractivity contribution in [3.05, 3.63) is 71.8 Å². The maximum atomic E-state index is 13.2. The number of nitrogens with zero attached hydrogens (tertiary/aromatic N) is 1. The monoisotopic (exact) mass is 510 g/mol. The van der Waals surface area contributed by atoms with Crippen LogP contribution in [-0.2, 0) is 14.8 Å². The molecule has 0 unspecified atom stereocenters. The van der Waals surface area contributed by atoms with Gasteiger partial charge in [0.15, 0.2) is 11.5 Å². The molecule has 180 valence electrons. The van der Waals surface area contributed by atoms with Gasteiger partial charge in [-0.3, -0.25) is 4.72 Å². The van der Waals surface area contributed by atoms with Gasteiger partial charge in [0.25, 0.3) is 10.0 Å². The number of methoxy groups -OCH3 is 2. The zero-order chi connectivity index (χ0) is 25.2. The number of benzene rings is 3. The maximum absolute atomic E-state index is 13.2. The Balaban J connectivity index is 1.65. The van der Waals surface area contributed by atoms with Gasteiger partial charge >= 0.3 is 5.97 Å². The van der Waals surface area contributed by atoms with Gasteiger partial charge in [0.05, 0.1) is 24.4 Å². The number of hydrogen-bond donors (Lipinski definition) is 2. The lowest BCUT2D eigenvalue weighted by atomic mass is 10.2. The van der Waals surface area contributed by atoms with Gasteiger partial charge in [-0.15, -0.1) is 11.3 Å². The number of aromatic nitrogens is 1. The van der Waals surface area contributed by atoms with E-state index in [0.29, 0.717) is 11.3 Å². The molecule has 4 aromatic rings. The highest BCUT2D eigenvalue weighted by molar-refractivity contribution is 7.92. The van der Waals surface area contributed by atoms with Gasteiger partial charge in [-0.1, -0.05) is 6.07 Å². The summed E-state index contributed by atoms with van der Waals surface area (Å²) in [5.41, 5.74) is 3.61. The summed E-state index contributed by atoms with van der Waals surface area (Å²) in [6, 6.07) is 15.8. The quantitative estimate of drug-likeness (QED) is 0.314. The fourth-order valence-electron chi connectivity index (χ4n) is 3.46. The van der Waals surface area contributed by atoms with E-state index in [1.54, 1.807) is 35.6 Å². The topological polar surface area (TPSA) is 115 Å². The number of ether oxygens (including phenoxy) is 2. The van der Waals surface area contributed by atoms with Crippen LogP contribution in [-0.4, -0.2) is 38.7 Å². The zero-order valence-electron chi connectivity index (χ0n) is 19.1. The van der Waals surface area contributed by atoms with Gasteiger partial charge < -0.3 is 14.6 Å². The van der Waals surface area contributed by atoms with Crippen molar-refractivity contribution in [2.24, 2.45) is 0 Å². The van der Waals surface area contributed by atoms with Gasteiger partial charge in [-0.2, -0.15) is 0 Å². The van der Waals surface area contributed by atoms with E-state index < -0.39 is 16.0 Å². The van der Waals surface area contributed by atoms with E-state index in [1.165, 1.54) is 32.4 Å². The second-order valence-electron chi connectivity index (χ2n) is 7.60. The van der Waals surface area contributed by atoms with E-state index in [-0.39, 0.29) is 16.4 Å². The van der Waals surface area contributed by atoms with Crippen molar-refractivity contribution in [3.8, 4) is 22.1 Å². The van der Waals surface area contributed by atoms with Gasteiger partial charge in [-0.25, -0.2) is 18.2 Å². The first-order valence-electron chi connectivity index (χ1n) is 10.4. The molecule has 0 saturated heterocycles. The Morgan fingerprint density at radius 1 is 1.06 bits per heavy atom. The van der Waals surface area contributed by atoms with Crippen LogP contribution in [0.2, 0.25) is 0 Å². The van der Waals surface area contributed by atoms with Crippen LogP contribution in [0.3, 0.4) is 0 Å². The lowest BCUT2D eigenvalue weighted by molar-refractivity contribution is -0.131. The molecule has 10 heteroatoms. The van der Waals surface area contributed by atoms with Crippen LogP contribution in [0.5, 0.6) is 11.5 Å². The lowest BCUT2D eigenvalue weighted by Crippen LogP contribution is -2.14. The maximum Gasteiger partial charge on any atom is 0.328 e. The molecule has 0 aliphatic carbocycles. The zero-order valence-corrected chi connectivity index (χ0v) is 20.7. The molecule has 35 heavy (non-hydrogen) atoms. The average molecular weight is 511 g/mol. The fraction of sp³-hybridized carbons (Fsp3) is 0.120. The SMILES string of the molecule is COc1cc(C=CC(=O)O)cc(S(=O)(=O)Nc2ccc(-c3nc4ccc(C)cc4s3)cc2)c1OC. The van der Waals surface area contributed by atoms with Crippen molar-refractivity contribution >= 4 is 49.3 Å². The van der Waals surface area contributed by atoms with Crippen LogP contribution < -0.4 is 14.2 Å². The molecule has 4 rings (SSSR count). The van der Waals surface area contributed by atoms with Crippen LogP contribution >= 0.6 is 11.3 Å². The minimum absolute atomic E-state index is 0.00821. The largest absolute Gasteiger partial charge is 0.493 e. The summed E-state index contributed by atoms with van der Waals surface area (Å²) in [6.07, 6.45) is 2.19. The number of aliphatic carboxylic acids is 1. The molecule has 0 atom stereocenters. The second kappa shape index (κ2) is 9.77. The standard InChI is InChI=1S/C25H22N2O6S2/c1-15-4-10-19-21(12-15)34-25(26-19)17-6-8-18(9-7-17)27-35(30,31)22-14-16(5-11-23(28)29)13-20(32-2)24(22)33-3/h4-14,27H,1-3H3,(H,28,29). The Kier molecular flexibility index (Phi) is 6.77. The van der Waals surface area contributed by atoms with E-state index in [1.807, 2.05) is 19.1 Å². The first kappa shape index (κ1) is 24.2. The van der Waals surface area contributed by atoms with Crippen LogP contribution in [0.25, 0.3) is 26.9 Å². The Bertz CT molecular complexity index is 1540. The van der Waals surface area contributed by atoms with Gasteiger partial charge in [0, 0.05) is 17.3 Å². The number of anilines is 1. The highest BCUT2D eigenvalue weighted by atomic mass is 32.2. The molecule has 3 aromatic carbocycles. The van der Waals surface area contributed by atoms with Crippen molar-refractivity contribution < 1.29 is 27.8 Å². The Labute approximate surface area is 206 Å². The first-order chi connectivity index (χ1) is 16.7. The number of rotatable bonds is 8. The van der Waals surface area contributed by atoms with E-state index in [0.717, 1.165) is 32.4 Å². The lowest BCUT2D eigenvalue weighted by Gasteiger charge is -2.15. The van der Waals surface area contributed by atoms with Gasteiger partial charge in [0.1, 0.15) is 9.90 Å². The summed E-state index contributed by atoms with van der Waals surface area (Å²) >= 11 is 1.57. The van der Waals surface area contributed by atoms with Crippen LogP contribution in [0.1, 0.15) is 11.1 Å². The molecule has 0 aliphatic rings. The predicted octanol–water partition coefficient (Wildman–Crippen LogP) is 5.19. The number of nitrogens with one attached hydrogen (secondary N) is 1. The van der Waals surface area contributed by atoms with Crippen molar-refractivity contribution in [3.63, 3.8) is 0 Å². The van der Waals surface area contributed by atoms with Crippen molar-refractivity contribution in [1.82, 2.24) is 4.98 Å². The molecule has 0 amide bonds. The number of thiazole rings is 1. The summed E-state index contributed by atoms with van der Waals surface area (Å²) in [6.45, 7) is 2.03. The molecule has 0 spiro atoms. The molecule has 0 saturated carbocycles. The normalized spacial score (nSPS) is 11.6. The molecule has 0 aliphatic heterocycles. The predicted molar refractivity (Wildman–Crippen MR) is 137 cm³/mol. The Morgan fingerprint density at radius 2 is 1.80 bits per heavy atom. The minimum Gasteiger partial charge on any atom is -0.493 e. The Morgan fingerprint density at radius 3 is 2.46 bits per heavy atom. The second-order valence-corrected chi connectivity index (χ2v) is 10.3. The fourth-order valence-corrected chi connectivity index (χ4v) is 5.80. The number of carboxylic acid groups (broad SMARTS) is 1. The molecular weight excluding hydrogens is 488 g/mol. The van der Waals surface area contributed by atoms with E-state index in [9.17, 15) is 13.2 Å². The van der Waals surface area contributed by atoms with Gasteiger partial charge in [-0.05, 0) is 72.7 Å². The summed E-state index contributed by atoms with van der Waals surface area (Å²) in [7, 11) is -1.40. The number of aryl methyl sites for hydroxylation is 1. The van der Waals surface area contributed by atoms with Crippen molar-refractivity contribution in [2.45, 2.75) is 11.8 Å². The van der Waals surface area contributed by atoms with Crippen molar-refractivity contribution in [2.75, 3.05) is 18.9 Å². The molecule has 8 nitrogen and oxygen atoms in total.